The summed E-state index contributed by atoms with van der Waals surface area (Å²) in [5, 5.41) is 3.11. The average Bonchev–Trinajstić information content (AvgIpc) is 3.17. The molecule has 1 aromatic carbocycles. The summed E-state index contributed by atoms with van der Waals surface area (Å²) in [6.07, 6.45) is 4.96. The van der Waals surface area contributed by atoms with Crippen LogP contribution >= 0.6 is 0 Å². The molecule has 3 saturated heterocycles. The van der Waals surface area contributed by atoms with Gasteiger partial charge in [-0.05, 0) is 24.5 Å². The van der Waals surface area contributed by atoms with Crippen LogP contribution in [0.15, 0.2) is 36.7 Å². The van der Waals surface area contributed by atoms with Crippen LogP contribution in [-0.2, 0) is 9.53 Å². The summed E-state index contributed by atoms with van der Waals surface area (Å²) < 4.78 is 20.1. The van der Waals surface area contributed by atoms with E-state index in [0.29, 0.717) is 69.3 Å². The maximum atomic E-state index is 14.7. The molecule has 0 unspecified atom stereocenters. The molecule has 1 spiro atoms. The van der Waals surface area contributed by atoms with Gasteiger partial charge in [-0.3, -0.25) is 9.59 Å². The summed E-state index contributed by atoms with van der Waals surface area (Å²) in [6.45, 7) is 3.34. The molecule has 3 aliphatic rings. The fraction of sp³-hybridized carbons (Fsp3) is 0.478. The van der Waals surface area contributed by atoms with Crippen molar-refractivity contribution in [2.45, 2.75) is 30.7 Å². The summed E-state index contributed by atoms with van der Waals surface area (Å²) in [4.78, 5) is 38.1. The van der Waals surface area contributed by atoms with Crippen LogP contribution in [-0.4, -0.2) is 71.6 Å². The van der Waals surface area contributed by atoms with Crippen molar-refractivity contribution in [1.82, 2.24) is 20.2 Å². The number of anilines is 1. The largest absolute Gasteiger partial charge is 0.378 e. The number of aromatic nitrogens is 2. The van der Waals surface area contributed by atoms with Crippen molar-refractivity contribution < 1.29 is 18.7 Å². The third-order valence-electron chi connectivity index (χ3n) is 6.71. The number of likely N-dealkylation sites (tertiary alicyclic amines) is 1. The second-order valence-electron chi connectivity index (χ2n) is 8.69. The summed E-state index contributed by atoms with van der Waals surface area (Å²) in [6, 6.07) is 6.61. The number of ether oxygens (including phenoxy) is 1. The Balaban J connectivity index is 1.39. The highest BCUT2D eigenvalue weighted by Crippen LogP contribution is 2.42. The molecule has 2 atom stereocenters. The summed E-state index contributed by atoms with van der Waals surface area (Å²) in [7, 11) is 0. The van der Waals surface area contributed by atoms with Gasteiger partial charge in [0.2, 0.25) is 11.9 Å². The number of rotatable bonds is 3. The lowest BCUT2D eigenvalue weighted by atomic mass is 9.76. The number of nitrogens with one attached hydrogen (secondary N) is 1. The van der Waals surface area contributed by atoms with E-state index in [9.17, 15) is 14.0 Å². The van der Waals surface area contributed by atoms with Gasteiger partial charge >= 0.3 is 0 Å². The van der Waals surface area contributed by atoms with Crippen LogP contribution in [0.25, 0.3) is 0 Å². The maximum Gasteiger partial charge on any atom is 0.257 e. The topological polar surface area (TPSA) is 87.7 Å². The van der Waals surface area contributed by atoms with Gasteiger partial charge in [0, 0.05) is 50.9 Å². The number of carbonyl (C=O) groups excluding carboxylic acids is 2. The number of carbonyl (C=O) groups is 2. The van der Waals surface area contributed by atoms with Crippen LogP contribution in [0, 0.1) is 5.82 Å². The molecule has 5 rings (SSSR count). The predicted molar refractivity (Wildman–Crippen MR) is 115 cm³/mol. The Morgan fingerprint density at radius 1 is 1.19 bits per heavy atom. The molecule has 1 N–H and O–H groups in total. The van der Waals surface area contributed by atoms with Crippen LogP contribution < -0.4 is 10.2 Å². The van der Waals surface area contributed by atoms with Crippen LogP contribution in [0.1, 0.15) is 41.1 Å². The molecule has 0 aliphatic carbocycles. The van der Waals surface area contributed by atoms with Gasteiger partial charge in [0.1, 0.15) is 5.82 Å². The minimum Gasteiger partial charge on any atom is -0.378 e. The van der Waals surface area contributed by atoms with Crippen molar-refractivity contribution in [3.63, 3.8) is 0 Å². The molecule has 0 saturated carbocycles. The van der Waals surface area contributed by atoms with Crippen molar-refractivity contribution in [1.29, 1.82) is 0 Å². The second-order valence-corrected chi connectivity index (χ2v) is 8.69. The van der Waals surface area contributed by atoms with E-state index in [-0.39, 0.29) is 23.5 Å². The molecule has 2 amide bonds. The summed E-state index contributed by atoms with van der Waals surface area (Å²) in [5.41, 5.74) is 0.249. The van der Waals surface area contributed by atoms with E-state index in [2.05, 4.69) is 15.3 Å². The Morgan fingerprint density at radius 3 is 2.66 bits per heavy atom. The maximum absolute atomic E-state index is 14.7. The van der Waals surface area contributed by atoms with Gasteiger partial charge in [-0.2, -0.15) is 0 Å². The van der Waals surface area contributed by atoms with Crippen molar-refractivity contribution in [2.75, 3.05) is 44.3 Å². The van der Waals surface area contributed by atoms with Gasteiger partial charge in [0.15, 0.2) is 0 Å². The first-order chi connectivity index (χ1) is 15.6. The number of piperidine rings is 1. The zero-order valence-electron chi connectivity index (χ0n) is 17.8. The van der Waals surface area contributed by atoms with Crippen LogP contribution in [0.3, 0.4) is 0 Å². The zero-order valence-corrected chi connectivity index (χ0v) is 17.8. The molecule has 2 aromatic rings. The number of halogens is 1. The van der Waals surface area contributed by atoms with Gasteiger partial charge in [-0.15, -0.1) is 0 Å². The smallest absolute Gasteiger partial charge is 0.257 e. The van der Waals surface area contributed by atoms with E-state index in [0.717, 1.165) is 6.42 Å². The highest BCUT2D eigenvalue weighted by Gasteiger charge is 2.51. The Morgan fingerprint density at radius 2 is 1.94 bits per heavy atom. The molecular formula is C23H26FN5O3. The highest BCUT2D eigenvalue weighted by atomic mass is 19.1. The predicted octanol–water partition coefficient (Wildman–Crippen LogP) is 1.73. The molecule has 32 heavy (non-hydrogen) atoms. The van der Waals surface area contributed by atoms with Crippen LogP contribution in [0.2, 0.25) is 0 Å². The Hall–Kier alpha value is -3.07. The van der Waals surface area contributed by atoms with Crippen molar-refractivity contribution in [2.24, 2.45) is 0 Å². The molecule has 1 aromatic heterocycles. The van der Waals surface area contributed by atoms with E-state index in [4.69, 9.17) is 4.74 Å². The molecule has 0 radical (unpaired) electrons. The number of nitrogens with zero attached hydrogens (tertiary/aromatic N) is 4. The van der Waals surface area contributed by atoms with Gasteiger partial charge in [0.25, 0.3) is 5.91 Å². The van der Waals surface area contributed by atoms with E-state index in [1.165, 1.54) is 6.07 Å². The van der Waals surface area contributed by atoms with Crippen molar-refractivity contribution in [3.8, 4) is 0 Å². The first-order valence-corrected chi connectivity index (χ1v) is 11.1. The van der Waals surface area contributed by atoms with E-state index in [1.54, 1.807) is 35.5 Å². The molecule has 8 nitrogen and oxygen atoms in total. The lowest BCUT2D eigenvalue weighted by Crippen LogP contribution is -2.56. The Bertz CT molecular complexity index is 1010. The Kier molecular flexibility index (Phi) is 5.50. The van der Waals surface area contributed by atoms with Gasteiger partial charge in [0.05, 0.1) is 24.3 Å². The van der Waals surface area contributed by atoms with Crippen molar-refractivity contribution in [3.05, 3.63) is 53.6 Å². The van der Waals surface area contributed by atoms with Crippen molar-refractivity contribution >= 4 is 17.8 Å². The standard InChI is InChI=1S/C23H26FN5O3/c24-19-5-2-1-4-17(19)18-14-29(15-23(18)7-3-6-20(30)27-23)21(31)16-12-25-22(26-13-16)28-8-10-32-11-9-28/h1-2,4-5,12-13,18H,3,6-11,14-15H2,(H,27,30)/t18-,23+/m0/s1. The lowest BCUT2D eigenvalue weighted by molar-refractivity contribution is -0.125. The SMILES string of the molecule is O=C1CCC[C@]2(CN(C(=O)c3cnc(N4CCOCC4)nc3)C[C@H]2c2ccccc2F)N1. The average molecular weight is 439 g/mol. The number of morpholine rings is 1. The molecule has 3 fully saturated rings. The lowest BCUT2D eigenvalue weighted by Gasteiger charge is -2.39. The number of amides is 2. The van der Waals surface area contributed by atoms with Gasteiger partial charge < -0.3 is 19.9 Å². The summed E-state index contributed by atoms with van der Waals surface area (Å²) >= 11 is 0. The first-order valence-electron chi connectivity index (χ1n) is 11.1. The first kappa shape index (κ1) is 20.8. The van der Waals surface area contributed by atoms with Crippen LogP contribution in [0.5, 0.6) is 0 Å². The molecule has 0 bridgehead atoms. The number of hydrogen-bond acceptors (Lipinski definition) is 6. The monoisotopic (exact) mass is 439 g/mol. The van der Waals surface area contributed by atoms with E-state index >= 15 is 0 Å². The minimum atomic E-state index is -0.665. The summed E-state index contributed by atoms with van der Waals surface area (Å²) in [5.74, 6) is -0.317. The van der Waals surface area contributed by atoms with E-state index < -0.39 is 5.54 Å². The third kappa shape index (κ3) is 3.81. The van der Waals surface area contributed by atoms with Gasteiger partial charge in [-0.25, -0.2) is 14.4 Å². The normalized spacial score (nSPS) is 25.8. The molecule has 4 heterocycles. The third-order valence-corrected chi connectivity index (χ3v) is 6.71. The molecule has 9 heteroatoms. The van der Waals surface area contributed by atoms with Crippen LogP contribution in [0.4, 0.5) is 10.3 Å². The molecule has 168 valence electrons. The highest BCUT2D eigenvalue weighted by molar-refractivity contribution is 5.94. The number of hydrogen-bond donors (Lipinski definition) is 1. The van der Waals surface area contributed by atoms with E-state index in [1.807, 2.05) is 4.90 Å². The minimum absolute atomic E-state index is 0.0508. The fourth-order valence-corrected chi connectivity index (χ4v) is 5.11. The van der Waals surface area contributed by atoms with Gasteiger partial charge in [-0.1, -0.05) is 18.2 Å². The quantitative estimate of drug-likeness (QED) is 0.784. The number of benzene rings is 1. The fourth-order valence-electron chi connectivity index (χ4n) is 5.11. The Labute approximate surface area is 185 Å². The molecule has 3 aliphatic heterocycles. The molecular weight excluding hydrogens is 413 g/mol. The zero-order chi connectivity index (χ0) is 22.1. The second kappa shape index (κ2) is 8.46.